The van der Waals surface area contributed by atoms with E-state index < -0.39 is 0 Å². The van der Waals surface area contributed by atoms with Crippen LogP contribution in [0.15, 0.2) is 0 Å². The fourth-order valence-electron chi connectivity index (χ4n) is 1.99. The largest absolute Gasteiger partial charge is 0.337 e. The van der Waals surface area contributed by atoms with Gasteiger partial charge in [0.05, 0.1) is 0 Å². The molecule has 0 saturated carbocycles. The van der Waals surface area contributed by atoms with Gasteiger partial charge in [-0.1, -0.05) is 13.8 Å². The average molecular weight is 241 g/mol. The number of hydrogen-bond donors (Lipinski definition) is 2. The van der Waals surface area contributed by atoms with Gasteiger partial charge in [0, 0.05) is 19.1 Å². The number of nitrogens with zero attached hydrogens (tertiary/aromatic N) is 1. The Morgan fingerprint density at radius 1 is 1.41 bits per heavy atom. The van der Waals surface area contributed by atoms with Gasteiger partial charge in [0.2, 0.25) is 0 Å². The van der Waals surface area contributed by atoms with Crippen molar-refractivity contribution in [2.75, 3.05) is 26.2 Å². The highest BCUT2D eigenvalue weighted by molar-refractivity contribution is 5.74. The first-order chi connectivity index (χ1) is 8.11. The number of rotatable bonds is 5. The van der Waals surface area contributed by atoms with E-state index in [1.807, 2.05) is 6.92 Å². The first-order valence-electron chi connectivity index (χ1n) is 6.88. The molecule has 0 spiro atoms. The molecule has 1 heterocycles. The van der Waals surface area contributed by atoms with Gasteiger partial charge in [-0.05, 0) is 45.2 Å². The van der Waals surface area contributed by atoms with Crippen LogP contribution in [0.2, 0.25) is 0 Å². The van der Waals surface area contributed by atoms with Crippen LogP contribution in [-0.4, -0.2) is 43.2 Å². The molecule has 1 unspecified atom stereocenters. The third kappa shape index (κ3) is 5.91. The standard InChI is InChI=1S/C13H27N3O/c1-4-12(3)15-13(17)14-7-10-16-8-5-11(2)6-9-16/h11-12H,4-10H2,1-3H3,(H2,14,15,17). The summed E-state index contributed by atoms with van der Waals surface area (Å²) in [6.07, 6.45) is 3.55. The minimum absolute atomic E-state index is 0.0373. The molecule has 2 amide bonds. The minimum atomic E-state index is -0.0373. The van der Waals surface area contributed by atoms with Gasteiger partial charge in [-0.25, -0.2) is 4.79 Å². The lowest BCUT2D eigenvalue weighted by Crippen LogP contribution is -2.44. The zero-order valence-corrected chi connectivity index (χ0v) is 11.5. The van der Waals surface area contributed by atoms with E-state index in [-0.39, 0.29) is 12.1 Å². The Labute approximate surface area is 105 Å². The zero-order chi connectivity index (χ0) is 12.7. The Morgan fingerprint density at radius 2 is 2.06 bits per heavy atom. The Balaban J connectivity index is 2.05. The molecule has 1 fully saturated rings. The number of amides is 2. The van der Waals surface area contributed by atoms with Crippen molar-refractivity contribution in [3.8, 4) is 0 Å². The van der Waals surface area contributed by atoms with Crippen molar-refractivity contribution in [2.45, 2.75) is 46.1 Å². The van der Waals surface area contributed by atoms with Gasteiger partial charge in [0.1, 0.15) is 0 Å². The third-order valence-corrected chi connectivity index (χ3v) is 3.58. The van der Waals surface area contributed by atoms with Gasteiger partial charge in [-0.3, -0.25) is 0 Å². The maximum atomic E-state index is 11.5. The molecule has 4 nitrogen and oxygen atoms in total. The molecule has 1 saturated heterocycles. The summed E-state index contributed by atoms with van der Waals surface area (Å²) in [6, 6.07) is 0.218. The normalized spacial score (nSPS) is 19.9. The van der Waals surface area contributed by atoms with Gasteiger partial charge in [0.15, 0.2) is 0 Å². The van der Waals surface area contributed by atoms with Crippen LogP contribution in [-0.2, 0) is 0 Å². The molecule has 2 N–H and O–H groups in total. The summed E-state index contributed by atoms with van der Waals surface area (Å²) in [5, 5.41) is 5.82. The van der Waals surface area contributed by atoms with Gasteiger partial charge in [0.25, 0.3) is 0 Å². The molecule has 1 rings (SSSR count). The van der Waals surface area contributed by atoms with Crippen LogP contribution in [0.3, 0.4) is 0 Å². The molecular formula is C13H27N3O. The van der Waals surface area contributed by atoms with E-state index in [9.17, 15) is 4.79 Å². The van der Waals surface area contributed by atoms with E-state index in [1.54, 1.807) is 0 Å². The quantitative estimate of drug-likeness (QED) is 0.771. The molecule has 1 aliphatic heterocycles. The number of hydrogen-bond acceptors (Lipinski definition) is 2. The van der Waals surface area contributed by atoms with Crippen molar-refractivity contribution in [3.05, 3.63) is 0 Å². The molecule has 0 aromatic rings. The van der Waals surface area contributed by atoms with Crippen LogP contribution in [0.5, 0.6) is 0 Å². The molecule has 0 radical (unpaired) electrons. The van der Waals surface area contributed by atoms with E-state index in [4.69, 9.17) is 0 Å². The van der Waals surface area contributed by atoms with E-state index >= 15 is 0 Å². The van der Waals surface area contributed by atoms with Crippen molar-refractivity contribution in [3.63, 3.8) is 0 Å². The van der Waals surface area contributed by atoms with Crippen molar-refractivity contribution >= 4 is 6.03 Å². The summed E-state index contributed by atoms with van der Waals surface area (Å²) in [6.45, 7) is 10.5. The summed E-state index contributed by atoms with van der Waals surface area (Å²) in [7, 11) is 0. The van der Waals surface area contributed by atoms with Crippen LogP contribution in [0, 0.1) is 5.92 Å². The molecule has 100 valence electrons. The second kappa shape index (κ2) is 7.54. The van der Waals surface area contributed by atoms with E-state index in [0.717, 1.165) is 25.4 Å². The maximum absolute atomic E-state index is 11.5. The summed E-state index contributed by atoms with van der Waals surface area (Å²) in [4.78, 5) is 13.9. The summed E-state index contributed by atoms with van der Waals surface area (Å²) < 4.78 is 0. The molecule has 0 aliphatic carbocycles. The number of likely N-dealkylation sites (tertiary alicyclic amines) is 1. The smallest absolute Gasteiger partial charge is 0.315 e. The minimum Gasteiger partial charge on any atom is -0.337 e. The monoisotopic (exact) mass is 241 g/mol. The van der Waals surface area contributed by atoms with E-state index in [0.29, 0.717) is 0 Å². The molecule has 1 atom stereocenters. The van der Waals surface area contributed by atoms with Crippen molar-refractivity contribution in [2.24, 2.45) is 5.92 Å². The van der Waals surface area contributed by atoms with Crippen LogP contribution in [0.4, 0.5) is 4.79 Å². The summed E-state index contributed by atoms with van der Waals surface area (Å²) in [5.74, 6) is 0.868. The number of piperidine rings is 1. The topological polar surface area (TPSA) is 44.4 Å². The number of carbonyl (C=O) groups excluding carboxylic acids is 1. The first kappa shape index (κ1) is 14.3. The highest BCUT2D eigenvalue weighted by Gasteiger charge is 2.15. The van der Waals surface area contributed by atoms with Gasteiger partial charge >= 0.3 is 6.03 Å². The Hall–Kier alpha value is -0.770. The van der Waals surface area contributed by atoms with Crippen molar-refractivity contribution < 1.29 is 4.79 Å². The summed E-state index contributed by atoms with van der Waals surface area (Å²) >= 11 is 0. The predicted octanol–water partition coefficient (Wildman–Crippen LogP) is 1.82. The van der Waals surface area contributed by atoms with Gasteiger partial charge in [-0.2, -0.15) is 0 Å². The first-order valence-corrected chi connectivity index (χ1v) is 6.88. The molecule has 1 aliphatic rings. The lowest BCUT2D eigenvalue weighted by molar-refractivity contribution is 0.191. The molecule has 4 heteroatoms. The number of nitrogens with one attached hydrogen (secondary N) is 2. The van der Waals surface area contributed by atoms with E-state index in [2.05, 4.69) is 29.4 Å². The fourth-order valence-corrected chi connectivity index (χ4v) is 1.99. The number of carbonyl (C=O) groups is 1. The maximum Gasteiger partial charge on any atom is 0.315 e. The highest BCUT2D eigenvalue weighted by atomic mass is 16.2. The second-order valence-electron chi connectivity index (χ2n) is 5.23. The Bertz CT molecular complexity index is 225. The zero-order valence-electron chi connectivity index (χ0n) is 11.5. The SMILES string of the molecule is CCC(C)NC(=O)NCCN1CCC(C)CC1. The molecule has 0 bridgehead atoms. The van der Waals surface area contributed by atoms with E-state index in [1.165, 1.54) is 25.9 Å². The highest BCUT2D eigenvalue weighted by Crippen LogP contribution is 2.14. The van der Waals surface area contributed by atoms with Crippen LogP contribution >= 0.6 is 0 Å². The lowest BCUT2D eigenvalue weighted by atomic mass is 9.99. The Morgan fingerprint density at radius 3 is 2.65 bits per heavy atom. The predicted molar refractivity (Wildman–Crippen MR) is 71.1 cm³/mol. The van der Waals surface area contributed by atoms with Crippen LogP contribution < -0.4 is 10.6 Å². The van der Waals surface area contributed by atoms with Gasteiger partial charge < -0.3 is 15.5 Å². The molecule has 17 heavy (non-hydrogen) atoms. The van der Waals surface area contributed by atoms with Gasteiger partial charge in [-0.15, -0.1) is 0 Å². The van der Waals surface area contributed by atoms with Crippen molar-refractivity contribution in [1.29, 1.82) is 0 Å². The molecule has 0 aromatic heterocycles. The van der Waals surface area contributed by atoms with Crippen LogP contribution in [0.25, 0.3) is 0 Å². The van der Waals surface area contributed by atoms with Crippen LogP contribution in [0.1, 0.15) is 40.0 Å². The average Bonchev–Trinajstić information content (AvgIpc) is 2.31. The number of urea groups is 1. The summed E-state index contributed by atoms with van der Waals surface area (Å²) in [5.41, 5.74) is 0. The molecular weight excluding hydrogens is 214 g/mol. The third-order valence-electron chi connectivity index (χ3n) is 3.58. The Kier molecular flexibility index (Phi) is 6.34. The fraction of sp³-hybridized carbons (Fsp3) is 0.923. The lowest BCUT2D eigenvalue weighted by Gasteiger charge is -2.30. The van der Waals surface area contributed by atoms with Crippen molar-refractivity contribution in [1.82, 2.24) is 15.5 Å². The molecule has 0 aromatic carbocycles. The second-order valence-corrected chi connectivity index (χ2v) is 5.23.